The van der Waals surface area contributed by atoms with Crippen LogP contribution >= 0.6 is 23.6 Å². The van der Waals surface area contributed by atoms with Gasteiger partial charge in [-0.25, -0.2) is 4.98 Å². The Morgan fingerprint density at radius 2 is 2.10 bits per heavy atom. The van der Waals surface area contributed by atoms with Crippen molar-refractivity contribution in [2.24, 2.45) is 5.73 Å². The van der Waals surface area contributed by atoms with Gasteiger partial charge in [0.1, 0.15) is 17.3 Å². The van der Waals surface area contributed by atoms with Crippen LogP contribution in [0.25, 0.3) is 0 Å². The highest BCUT2D eigenvalue weighted by molar-refractivity contribution is 7.80. The average molecular weight is 321 g/mol. The highest BCUT2D eigenvalue weighted by Crippen LogP contribution is 2.13. The van der Waals surface area contributed by atoms with Gasteiger partial charge in [-0.2, -0.15) is 0 Å². The smallest absolute Gasteiger partial charge is 0.119 e. The number of aromatic nitrogens is 1. The summed E-state index contributed by atoms with van der Waals surface area (Å²) in [4.78, 5) is 7.05. The Labute approximate surface area is 134 Å². The number of nitrogens with zero attached hydrogens (tertiary/aromatic N) is 2. The molecule has 112 valence electrons. The summed E-state index contributed by atoms with van der Waals surface area (Å²) in [6, 6.07) is 7.52. The summed E-state index contributed by atoms with van der Waals surface area (Å²) < 4.78 is 5.71. The maximum Gasteiger partial charge on any atom is 0.119 e. The van der Waals surface area contributed by atoms with Gasteiger partial charge in [0.05, 0.1) is 10.7 Å². The molecule has 2 aromatic rings. The van der Waals surface area contributed by atoms with Gasteiger partial charge in [-0.05, 0) is 38.2 Å². The molecule has 0 bridgehead atoms. The Kier molecular flexibility index (Phi) is 5.67. The maximum absolute atomic E-state index is 5.71. The lowest BCUT2D eigenvalue weighted by molar-refractivity contribution is 0.231. The predicted molar refractivity (Wildman–Crippen MR) is 91.0 cm³/mol. The fourth-order valence-electron chi connectivity index (χ4n) is 1.87. The molecule has 4 nitrogen and oxygen atoms in total. The first-order chi connectivity index (χ1) is 10.0. The zero-order valence-corrected chi connectivity index (χ0v) is 13.8. The Balaban J connectivity index is 1.74. The minimum absolute atomic E-state index is 0.403. The van der Waals surface area contributed by atoms with Gasteiger partial charge in [-0.15, -0.1) is 11.3 Å². The van der Waals surface area contributed by atoms with Crippen LogP contribution in [-0.2, 0) is 6.54 Å². The Morgan fingerprint density at radius 3 is 2.67 bits per heavy atom. The third-order valence-corrected chi connectivity index (χ3v) is 4.04. The predicted octanol–water partition coefficient (Wildman–Crippen LogP) is 2.60. The van der Waals surface area contributed by atoms with E-state index in [0.29, 0.717) is 11.6 Å². The molecule has 0 spiro atoms. The second-order valence-electron chi connectivity index (χ2n) is 4.83. The lowest BCUT2D eigenvalue weighted by Gasteiger charge is -2.15. The first-order valence-corrected chi connectivity index (χ1v) is 7.95. The molecular weight excluding hydrogens is 302 g/mol. The molecule has 1 heterocycles. The fourth-order valence-corrected chi connectivity index (χ4v) is 2.61. The van der Waals surface area contributed by atoms with E-state index in [9.17, 15) is 0 Å². The summed E-state index contributed by atoms with van der Waals surface area (Å²) in [7, 11) is 2.06. The van der Waals surface area contributed by atoms with Crippen LogP contribution in [0.5, 0.6) is 5.75 Å². The number of hydrogen-bond donors (Lipinski definition) is 1. The Hall–Kier alpha value is -1.50. The average Bonchev–Trinajstić information content (AvgIpc) is 2.84. The number of aryl methyl sites for hydroxylation is 1. The third-order valence-electron chi connectivity index (χ3n) is 2.98. The van der Waals surface area contributed by atoms with Crippen molar-refractivity contribution in [2.45, 2.75) is 13.5 Å². The fraction of sp³-hybridized carbons (Fsp3) is 0.333. The quantitative estimate of drug-likeness (QED) is 0.795. The summed E-state index contributed by atoms with van der Waals surface area (Å²) in [6.45, 7) is 4.34. The maximum atomic E-state index is 5.71. The van der Waals surface area contributed by atoms with E-state index in [1.807, 2.05) is 31.2 Å². The minimum Gasteiger partial charge on any atom is -0.492 e. The summed E-state index contributed by atoms with van der Waals surface area (Å²) in [5.41, 5.74) is 7.52. The van der Waals surface area contributed by atoms with Gasteiger partial charge in [0.15, 0.2) is 0 Å². The lowest BCUT2D eigenvalue weighted by Crippen LogP contribution is -2.24. The molecule has 6 heteroatoms. The van der Waals surface area contributed by atoms with E-state index in [4.69, 9.17) is 22.7 Å². The van der Waals surface area contributed by atoms with Crippen molar-refractivity contribution in [3.8, 4) is 5.75 Å². The number of benzene rings is 1. The number of rotatable bonds is 7. The molecule has 0 amide bonds. The van der Waals surface area contributed by atoms with Crippen molar-refractivity contribution in [1.82, 2.24) is 9.88 Å². The van der Waals surface area contributed by atoms with Crippen LogP contribution in [0.15, 0.2) is 29.6 Å². The van der Waals surface area contributed by atoms with Crippen molar-refractivity contribution >= 4 is 28.5 Å². The molecule has 0 unspecified atom stereocenters. The standard InChI is InChI=1S/C15H19N3OS2/c1-11-17-13(10-21-11)9-18(2)7-8-19-14-5-3-12(4-6-14)15(16)20/h3-6,10H,7-9H2,1-2H3,(H2,16,20). The van der Waals surface area contributed by atoms with Crippen molar-refractivity contribution in [3.63, 3.8) is 0 Å². The lowest BCUT2D eigenvalue weighted by atomic mass is 10.2. The number of nitrogens with two attached hydrogens (primary N) is 1. The molecule has 0 aliphatic rings. The van der Waals surface area contributed by atoms with Gasteiger partial charge in [-0.3, -0.25) is 4.90 Å². The zero-order chi connectivity index (χ0) is 15.2. The number of thiazole rings is 1. The van der Waals surface area contributed by atoms with Crippen LogP contribution in [0.2, 0.25) is 0 Å². The van der Waals surface area contributed by atoms with E-state index >= 15 is 0 Å². The van der Waals surface area contributed by atoms with Crippen LogP contribution in [0.4, 0.5) is 0 Å². The SMILES string of the molecule is Cc1nc(CN(C)CCOc2ccc(C(N)=S)cc2)cs1. The number of thiocarbonyl (C=S) groups is 1. The number of ether oxygens (including phenoxy) is 1. The molecule has 1 aromatic carbocycles. The van der Waals surface area contributed by atoms with Crippen LogP contribution in [0.3, 0.4) is 0 Å². The molecule has 1 aromatic heterocycles. The summed E-state index contributed by atoms with van der Waals surface area (Å²) in [5.74, 6) is 0.827. The normalized spacial score (nSPS) is 10.8. The zero-order valence-electron chi connectivity index (χ0n) is 12.2. The molecule has 2 rings (SSSR count). The molecule has 0 saturated carbocycles. The van der Waals surface area contributed by atoms with Crippen LogP contribution < -0.4 is 10.5 Å². The molecule has 0 aliphatic heterocycles. The van der Waals surface area contributed by atoms with Crippen LogP contribution in [0, 0.1) is 6.92 Å². The molecule has 0 saturated heterocycles. The molecule has 21 heavy (non-hydrogen) atoms. The molecule has 0 radical (unpaired) electrons. The van der Waals surface area contributed by atoms with E-state index in [-0.39, 0.29) is 0 Å². The van der Waals surface area contributed by atoms with Gasteiger partial charge in [0.2, 0.25) is 0 Å². The van der Waals surface area contributed by atoms with Gasteiger partial charge >= 0.3 is 0 Å². The highest BCUT2D eigenvalue weighted by atomic mass is 32.1. The summed E-state index contributed by atoms with van der Waals surface area (Å²) in [6.07, 6.45) is 0. The van der Waals surface area contributed by atoms with Gasteiger partial charge < -0.3 is 10.5 Å². The molecule has 0 fully saturated rings. The Morgan fingerprint density at radius 1 is 1.38 bits per heavy atom. The van der Waals surface area contributed by atoms with E-state index in [0.717, 1.165) is 35.1 Å². The third kappa shape index (κ3) is 5.08. The second kappa shape index (κ2) is 7.49. The molecular formula is C15H19N3OS2. The summed E-state index contributed by atoms with van der Waals surface area (Å²) >= 11 is 6.60. The first-order valence-electron chi connectivity index (χ1n) is 6.67. The minimum atomic E-state index is 0.403. The topological polar surface area (TPSA) is 51.4 Å². The van der Waals surface area contributed by atoms with Crippen LogP contribution in [0.1, 0.15) is 16.3 Å². The number of likely N-dealkylation sites (N-methyl/N-ethyl adjacent to an activating group) is 1. The second-order valence-corrected chi connectivity index (χ2v) is 6.33. The number of hydrogen-bond acceptors (Lipinski definition) is 5. The highest BCUT2D eigenvalue weighted by Gasteiger charge is 2.04. The molecule has 0 aliphatic carbocycles. The van der Waals surface area contributed by atoms with E-state index in [1.54, 1.807) is 11.3 Å². The molecule has 0 atom stereocenters. The molecule has 2 N–H and O–H groups in total. The van der Waals surface area contributed by atoms with Gasteiger partial charge in [0, 0.05) is 24.0 Å². The Bertz CT molecular complexity index is 595. The van der Waals surface area contributed by atoms with Crippen molar-refractivity contribution in [1.29, 1.82) is 0 Å². The monoisotopic (exact) mass is 321 g/mol. The van der Waals surface area contributed by atoms with E-state index in [1.165, 1.54) is 0 Å². The van der Waals surface area contributed by atoms with E-state index in [2.05, 4.69) is 22.3 Å². The van der Waals surface area contributed by atoms with E-state index < -0.39 is 0 Å². The first kappa shape index (κ1) is 15.9. The van der Waals surface area contributed by atoms with Crippen molar-refractivity contribution in [2.75, 3.05) is 20.2 Å². The van der Waals surface area contributed by atoms with Crippen LogP contribution in [-0.4, -0.2) is 35.1 Å². The van der Waals surface area contributed by atoms with Crippen molar-refractivity contribution < 1.29 is 4.74 Å². The largest absolute Gasteiger partial charge is 0.492 e. The van der Waals surface area contributed by atoms with Crippen molar-refractivity contribution in [3.05, 3.63) is 45.9 Å². The van der Waals surface area contributed by atoms with Gasteiger partial charge in [-0.1, -0.05) is 12.2 Å². The van der Waals surface area contributed by atoms with Gasteiger partial charge in [0.25, 0.3) is 0 Å². The summed E-state index contributed by atoms with van der Waals surface area (Å²) in [5, 5.41) is 3.20.